The zero-order chi connectivity index (χ0) is 15.8. The number of aromatic carboxylic acids is 1. The molecule has 0 amide bonds. The lowest BCUT2D eigenvalue weighted by molar-refractivity contribution is 0.0686. The van der Waals surface area contributed by atoms with Crippen molar-refractivity contribution >= 4 is 21.7 Å². The molecule has 0 spiro atoms. The number of phenols is 1. The number of rotatable bonds is 4. The number of aromatic nitrogens is 2. The Balaban J connectivity index is 2.57. The number of carboxylic acids is 1. The number of aromatic amines is 1. The van der Waals surface area contributed by atoms with Crippen LogP contribution >= 0.6 is 0 Å². The van der Waals surface area contributed by atoms with E-state index in [0.717, 1.165) is 4.31 Å². The van der Waals surface area contributed by atoms with Gasteiger partial charge in [0.15, 0.2) is 5.69 Å². The first-order valence-corrected chi connectivity index (χ1v) is 7.25. The van der Waals surface area contributed by atoms with E-state index in [1.54, 1.807) is 0 Å². The van der Waals surface area contributed by atoms with Crippen LogP contribution in [-0.4, -0.2) is 41.8 Å². The quantitative estimate of drug-likeness (QED) is 0.772. The number of phenolic OH excluding ortho intramolecular Hbond substituents is 1. The summed E-state index contributed by atoms with van der Waals surface area (Å²) in [6.07, 6.45) is 0. The van der Waals surface area contributed by atoms with E-state index in [1.165, 1.54) is 38.2 Å². The highest BCUT2D eigenvalue weighted by Crippen LogP contribution is 2.27. The lowest BCUT2D eigenvalue weighted by atomic mass is 10.3. The molecule has 2 aromatic rings. The Kier molecular flexibility index (Phi) is 3.60. The highest BCUT2D eigenvalue weighted by atomic mass is 32.2. The topological polar surface area (TPSA) is 124 Å². The number of anilines is 1. The van der Waals surface area contributed by atoms with Gasteiger partial charge in [-0.05, 0) is 19.1 Å². The molecule has 8 nitrogen and oxygen atoms in total. The normalized spacial score (nSPS) is 11.3. The molecule has 0 aliphatic heterocycles. The molecule has 0 unspecified atom stereocenters. The molecule has 0 radical (unpaired) electrons. The van der Waals surface area contributed by atoms with Crippen molar-refractivity contribution in [3.63, 3.8) is 0 Å². The fraction of sp³-hybridized carbons (Fsp3) is 0.167. The number of nitrogens with zero attached hydrogens (tertiary/aromatic N) is 2. The van der Waals surface area contributed by atoms with Crippen LogP contribution < -0.4 is 4.31 Å². The maximum Gasteiger partial charge on any atom is 0.357 e. The maximum atomic E-state index is 12.6. The Bertz CT molecular complexity index is 797. The Morgan fingerprint density at radius 1 is 1.38 bits per heavy atom. The van der Waals surface area contributed by atoms with Crippen LogP contribution in [-0.2, 0) is 10.0 Å². The summed E-state index contributed by atoms with van der Waals surface area (Å²) >= 11 is 0. The number of aryl methyl sites for hydroxylation is 1. The van der Waals surface area contributed by atoms with Crippen LogP contribution in [0.15, 0.2) is 29.2 Å². The van der Waals surface area contributed by atoms with Crippen LogP contribution in [0.3, 0.4) is 0 Å². The van der Waals surface area contributed by atoms with E-state index < -0.39 is 26.6 Å². The van der Waals surface area contributed by atoms with Crippen LogP contribution in [0.25, 0.3) is 0 Å². The molecule has 1 aromatic heterocycles. The number of H-pyrrole nitrogens is 1. The van der Waals surface area contributed by atoms with E-state index in [1.807, 2.05) is 0 Å². The summed E-state index contributed by atoms with van der Waals surface area (Å²) in [5.41, 5.74) is -0.245. The van der Waals surface area contributed by atoms with Crippen LogP contribution in [0.4, 0.5) is 5.69 Å². The minimum atomic E-state index is -4.12. The molecule has 0 atom stereocenters. The molecular formula is C12H13N3O5S. The Morgan fingerprint density at radius 2 is 2.05 bits per heavy atom. The average molecular weight is 311 g/mol. The Morgan fingerprint density at radius 3 is 2.62 bits per heavy atom. The molecule has 3 N–H and O–H groups in total. The van der Waals surface area contributed by atoms with Gasteiger partial charge in [-0.1, -0.05) is 6.07 Å². The summed E-state index contributed by atoms with van der Waals surface area (Å²) in [4.78, 5) is 10.7. The van der Waals surface area contributed by atoms with Crippen molar-refractivity contribution in [3.05, 3.63) is 35.7 Å². The van der Waals surface area contributed by atoms with E-state index >= 15 is 0 Å². The molecule has 21 heavy (non-hydrogen) atoms. The number of benzene rings is 1. The van der Waals surface area contributed by atoms with Gasteiger partial charge in [-0.2, -0.15) is 5.10 Å². The third-order valence-electron chi connectivity index (χ3n) is 2.91. The van der Waals surface area contributed by atoms with Gasteiger partial charge in [0.1, 0.15) is 10.6 Å². The Hall–Kier alpha value is -2.55. The number of hydrogen-bond donors (Lipinski definition) is 3. The summed E-state index contributed by atoms with van der Waals surface area (Å²) in [6.45, 7) is 1.42. The maximum absolute atomic E-state index is 12.6. The summed E-state index contributed by atoms with van der Waals surface area (Å²) in [6, 6.07) is 5.62. The summed E-state index contributed by atoms with van der Waals surface area (Å²) in [5, 5.41) is 24.3. The fourth-order valence-electron chi connectivity index (χ4n) is 1.84. The van der Waals surface area contributed by atoms with Crippen molar-refractivity contribution < 1.29 is 23.4 Å². The van der Waals surface area contributed by atoms with E-state index in [9.17, 15) is 18.3 Å². The van der Waals surface area contributed by atoms with Gasteiger partial charge >= 0.3 is 5.97 Å². The Labute approximate surface area is 120 Å². The van der Waals surface area contributed by atoms with Crippen LogP contribution in [0.5, 0.6) is 5.75 Å². The minimum absolute atomic E-state index is 0.100. The summed E-state index contributed by atoms with van der Waals surface area (Å²) < 4.78 is 26.0. The number of carbonyl (C=O) groups is 1. The van der Waals surface area contributed by atoms with Crippen LogP contribution in [0.1, 0.15) is 16.2 Å². The smallest absolute Gasteiger partial charge is 0.357 e. The molecule has 112 valence electrons. The van der Waals surface area contributed by atoms with Gasteiger partial charge < -0.3 is 10.2 Å². The zero-order valence-electron chi connectivity index (χ0n) is 11.2. The molecule has 1 heterocycles. The van der Waals surface area contributed by atoms with Gasteiger partial charge in [-0.15, -0.1) is 0 Å². The number of hydrogen-bond acceptors (Lipinski definition) is 5. The molecule has 0 aliphatic rings. The third kappa shape index (κ3) is 2.55. The molecule has 9 heteroatoms. The predicted octanol–water partition coefficient (Wildman–Crippen LogP) is 0.947. The van der Waals surface area contributed by atoms with Crippen molar-refractivity contribution in [2.75, 3.05) is 11.4 Å². The van der Waals surface area contributed by atoms with Crippen molar-refractivity contribution in [2.24, 2.45) is 0 Å². The molecule has 0 fully saturated rings. The van der Waals surface area contributed by atoms with Gasteiger partial charge in [0.25, 0.3) is 10.0 Å². The standard InChI is InChI=1S/C12H13N3O5S/c1-7-11(10(12(17)18)14-13-7)21(19,20)15(2)8-4-3-5-9(16)6-8/h3-6,16H,1-2H3,(H,13,14)(H,17,18). The van der Waals surface area contributed by atoms with Gasteiger partial charge in [-0.25, -0.2) is 13.2 Å². The first kappa shape index (κ1) is 14.9. The van der Waals surface area contributed by atoms with Crippen molar-refractivity contribution in [1.82, 2.24) is 10.2 Å². The minimum Gasteiger partial charge on any atom is -0.508 e. The predicted molar refractivity (Wildman–Crippen MR) is 74.0 cm³/mol. The largest absolute Gasteiger partial charge is 0.508 e. The molecule has 1 aromatic carbocycles. The molecule has 0 aliphatic carbocycles. The second kappa shape index (κ2) is 5.09. The highest BCUT2D eigenvalue weighted by molar-refractivity contribution is 7.93. The van der Waals surface area contributed by atoms with Crippen molar-refractivity contribution in [3.8, 4) is 5.75 Å². The first-order valence-electron chi connectivity index (χ1n) is 5.81. The lowest BCUT2D eigenvalue weighted by Gasteiger charge is -2.19. The SMILES string of the molecule is Cc1[nH]nc(C(=O)O)c1S(=O)(=O)N(C)c1cccc(O)c1. The number of nitrogens with one attached hydrogen (secondary N) is 1. The van der Waals surface area contributed by atoms with Crippen LogP contribution in [0, 0.1) is 6.92 Å². The molecule has 0 bridgehead atoms. The summed E-state index contributed by atoms with van der Waals surface area (Å²) in [5.74, 6) is -1.54. The van der Waals surface area contributed by atoms with Gasteiger partial charge in [0.2, 0.25) is 0 Å². The monoisotopic (exact) mass is 311 g/mol. The molecule has 0 saturated carbocycles. The zero-order valence-corrected chi connectivity index (χ0v) is 12.0. The molecule has 2 rings (SSSR count). The van der Waals surface area contributed by atoms with Gasteiger partial charge in [0.05, 0.1) is 11.4 Å². The van der Waals surface area contributed by atoms with E-state index in [0.29, 0.717) is 0 Å². The summed E-state index contributed by atoms with van der Waals surface area (Å²) in [7, 11) is -2.86. The van der Waals surface area contributed by atoms with Crippen molar-refractivity contribution in [2.45, 2.75) is 11.8 Å². The second-order valence-corrected chi connectivity index (χ2v) is 6.23. The van der Waals surface area contributed by atoms with Gasteiger partial charge in [0, 0.05) is 13.1 Å². The van der Waals surface area contributed by atoms with E-state index in [-0.39, 0.29) is 17.1 Å². The number of carboxylic acid groups (broad SMARTS) is 1. The first-order chi connectivity index (χ1) is 9.75. The molecule has 0 saturated heterocycles. The second-order valence-electron chi connectivity index (χ2n) is 4.32. The number of sulfonamides is 1. The van der Waals surface area contributed by atoms with Crippen molar-refractivity contribution in [1.29, 1.82) is 0 Å². The van der Waals surface area contributed by atoms with Crippen LogP contribution in [0.2, 0.25) is 0 Å². The lowest BCUT2D eigenvalue weighted by Crippen LogP contribution is -2.28. The fourth-order valence-corrected chi connectivity index (χ4v) is 3.32. The van der Waals surface area contributed by atoms with Gasteiger partial charge in [-0.3, -0.25) is 9.40 Å². The van der Waals surface area contributed by atoms with E-state index in [2.05, 4.69) is 10.2 Å². The van der Waals surface area contributed by atoms with E-state index in [4.69, 9.17) is 5.11 Å². The average Bonchev–Trinajstić information content (AvgIpc) is 2.80. The number of aromatic hydroxyl groups is 1. The highest BCUT2D eigenvalue weighted by Gasteiger charge is 2.31. The third-order valence-corrected chi connectivity index (χ3v) is 4.85. The molecular weight excluding hydrogens is 298 g/mol.